The summed E-state index contributed by atoms with van der Waals surface area (Å²) in [6.07, 6.45) is 2.80. The van der Waals surface area contributed by atoms with Gasteiger partial charge in [0.25, 0.3) is 12.4 Å². The predicted molar refractivity (Wildman–Crippen MR) is 74.1 cm³/mol. The lowest BCUT2D eigenvalue weighted by molar-refractivity contribution is -0.126. The van der Waals surface area contributed by atoms with E-state index in [-0.39, 0.29) is 5.91 Å². The Morgan fingerprint density at radius 3 is 2.58 bits per heavy atom. The highest BCUT2D eigenvalue weighted by Gasteiger charge is 2.15. The molecular weight excluding hydrogens is 244 g/mol. The van der Waals surface area contributed by atoms with Gasteiger partial charge in [0, 0.05) is 13.2 Å². The van der Waals surface area contributed by atoms with Gasteiger partial charge in [0.1, 0.15) is 0 Å². The Morgan fingerprint density at radius 2 is 2.16 bits per heavy atom. The lowest BCUT2D eigenvalue weighted by Crippen LogP contribution is -2.21. The highest BCUT2D eigenvalue weighted by atomic mass is 16.5. The molecule has 1 N–H and O–H groups in total. The third-order valence-corrected chi connectivity index (χ3v) is 2.70. The van der Waals surface area contributed by atoms with Crippen LogP contribution in [-0.4, -0.2) is 31.5 Å². The van der Waals surface area contributed by atoms with Crippen LogP contribution in [0.1, 0.15) is 47.8 Å². The van der Waals surface area contributed by atoms with Crippen molar-refractivity contribution in [2.45, 2.75) is 33.1 Å². The van der Waals surface area contributed by atoms with Crippen LogP contribution in [0.3, 0.4) is 0 Å². The van der Waals surface area contributed by atoms with Crippen molar-refractivity contribution in [1.29, 1.82) is 0 Å². The van der Waals surface area contributed by atoms with Crippen molar-refractivity contribution in [3.63, 3.8) is 0 Å². The summed E-state index contributed by atoms with van der Waals surface area (Å²) in [5, 5.41) is 2.65. The zero-order valence-corrected chi connectivity index (χ0v) is 12.2. The molecule has 1 aromatic rings. The van der Waals surface area contributed by atoms with Gasteiger partial charge in [-0.2, -0.15) is 0 Å². The van der Waals surface area contributed by atoms with Gasteiger partial charge in [-0.25, -0.2) is 0 Å². The molecule has 0 aliphatic carbocycles. The van der Waals surface area contributed by atoms with Gasteiger partial charge in [0.05, 0.1) is 18.4 Å². The standard InChI is InChI=1S/C12H18N2O.C2H4O2/c1-5-9(3)11-10(12(15)13-4)6-8(2)7-14-11;1-4-2-3/h6-7,9H,5H2,1-4H3,(H,13,15);2H,1H3. The molecule has 0 spiro atoms. The second-order valence-electron chi connectivity index (χ2n) is 4.17. The number of rotatable bonds is 4. The molecule has 5 heteroatoms. The van der Waals surface area contributed by atoms with Gasteiger partial charge in [-0.3, -0.25) is 14.6 Å². The number of carbonyl (C=O) groups excluding carboxylic acids is 2. The lowest BCUT2D eigenvalue weighted by atomic mass is 9.98. The average Bonchev–Trinajstić information content (AvgIpc) is 2.45. The van der Waals surface area contributed by atoms with E-state index in [2.05, 4.69) is 28.9 Å². The number of methoxy groups -OCH3 is 1. The molecule has 0 saturated carbocycles. The van der Waals surface area contributed by atoms with Crippen LogP contribution in [-0.2, 0) is 9.53 Å². The van der Waals surface area contributed by atoms with Gasteiger partial charge >= 0.3 is 0 Å². The van der Waals surface area contributed by atoms with Crippen LogP contribution in [0.2, 0.25) is 0 Å². The maximum Gasteiger partial charge on any atom is 0.292 e. The molecule has 19 heavy (non-hydrogen) atoms. The Hall–Kier alpha value is -1.91. The molecule has 1 amide bonds. The zero-order chi connectivity index (χ0) is 14.8. The van der Waals surface area contributed by atoms with Crippen LogP contribution in [0, 0.1) is 6.92 Å². The minimum Gasteiger partial charge on any atom is -0.471 e. The summed E-state index contributed by atoms with van der Waals surface area (Å²) in [5.74, 6) is 0.263. The molecule has 0 radical (unpaired) electrons. The third-order valence-electron chi connectivity index (χ3n) is 2.70. The molecule has 0 aromatic carbocycles. The van der Waals surface area contributed by atoms with Crippen molar-refractivity contribution in [3.05, 3.63) is 29.1 Å². The lowest BCUT2D eigenvalue weighted by Gasteiger charge is -2.13. The van der Waals surface area contributed by atoms with E-state index >= 15 is 0 Å². The summed E-state index contributed by atoms with van der Waals surface area (Å²) < 4.78 is 3.86. The minimum absolute atomic E-state index is 0.0542. The number of nitrogens with one attached hydrogen (secondary N) is 1. The van der Waals surface area contributed by atoms with E-state index in [1.165, 1.54) is 7.11 Å². The zero-order valence-electron chi connectivity index (χ0n) is 12.2. The molecule has 1 rings (SSSR count). The van der Waals surface area contributed by atoms with Crippen LogP contribution in [0.25, 0.3) is 0 Å². The topological polar surface area (TPSA) is 68.3 Å². The number of nitrogens with zero attached hydrogens (tertiary/aromatic N) is 1. The second kappa shape index (κ2) is 9.08. The third kappa shape index (κ3) is 5.50. The van der Waals surface area contributed by atoms with Crippen molar-refractivity contribution in [2.75, 3.05) is 14.2 Å². The maximum absolute atomic E-state index is 11.7. The van der Waals surface area contributed by atoms with Crippen LogP contribution in [0.5, 0.6) is 0 Å². The van der Waals surface area contributed by atoms with E-state index in [9.17, 15) is 4.79 Å². The van der Waals surface area contributed by atoms with E-state index in [1.807, 2.05) is 19.2 Å². The van der Waals surface area contributed by atoms with Crippen molar-refractivity contribution >= 4 is 12.4 Å². The fourth-order valence-corrected chi connectivity index (χ4v) is 1.48. The van der Waals surface area contributed by atoms with E-state index in [0.29, 0.717) is 18.0 Å². The van der Waals surface area contributed by atoms with Gasteiger partial charge in [-0.1, -0.05) is 13.8 Å². The molecule has 1 unspecified atom stereocenters. The van der Waals surface area contributed by atoms with Crippen molar-refractivity contribution in [1.82, 2.24) is 10.3 Å². The van der Waals surface area contributed by atoms with E-state index in [4.69, 9.17) is 4.79 Å². The molecule has 0 bridgehead atoms. The number of aryl methyl sites for hydroxylation is 1. The van der Waals surface area contributed by atoms with Gasteiger partial charge in [0.2, 0.25) is 0 Å². The van der Waals surface area contributed by atoms with Crippen molar-refractivity contribution < 1.29 is 14.3 Å². The first kappa shape index (κ1) is 17.1. The first-order chi connectivity index (χ1) is 9.01. The number of hydrogen-bond donors (Lipinski definition) is 1. The van der Waals surface area contributed by atoms with Crippen LogP contribution < -0.4 is 5.32 Å². The minimum atomic E-state index is -0.0542. The average molecular weight is 266 g/mol. The summed E-state index contributed by atoms with van der Waals surface area (Å²) >= 11 is 0. The van der Waals surface area contributed by atoms with Gasteiger partial charge in [0.15, 0.2) is 0 Å². The molecule has 0 saturated heterocycles. The molecule has 1 atom stereocenters. The largest absolute Gasteiger partial charge is 0.471 e. The molecular formula is C14H22N2O3. The molecule has 1 heterocycles. The Kier molecular flexibility index (Phi) is 8.17. The van der Waals surface area contributed by atoms with Crippen LogP contribution >= 0.6 is 0 Å². The number of hydrogen-bond acceptors (Lipinski definition) is 4. The number of pyridine rings is 1. The summed E-state index contributed by atoms with van der Waals surface area (Å²) in [7, 11) is 2.96. The summed E-state index contributed by atoms with van der Waals surface area (Å²) in [4.78, 5) is 25.0. The van der Waals surface area contributed by atoms with Crippen molar-refractivity contribution in [2.24, 2.45) is 0 Å². The fraction of sp³-hybridized carbons (Fsp3) is 0.500. The smallest absolute Gasteiger partial charge is 0.292 e. The van der Waals surface area contributed by atoms with Crippen LogP contribution in [0.15, 0.2) is 12.3 Å². The molecule has 5 nitrogen and oxygen atoms in total. The van der Waals surface area contributed by atoms with E-state index in [1.54, 1.807) is 7.05 Å². The predicted octanol–water partition coefficient (Wildman–Crippen LogP) is 2.05. The Balaban J connectivity index is 0.000000711. The fourth-order valence-electron chi connectivity index (χ4n) is 1.48. The Bertz CT molecular complexity index is 419. The summed E-state index contributed by atoms with van der Waals surface area (Å²) in [6.45, 7) is 6.50. The number of ether oxygens (including phenoxy) is 1. The summed E-state index contributed by atoms with van der Waals surface area (Å²) in [6, 6.07) is 1.90. The highest BCUT2D eigenvalue weighted by Crippen LogP contribution is 2.21. The van der Waals surface area contributed by atoms with E-state index < -0.39 is 0 Å². The first-order valence-electron chi connectivity index (χ1n) is 6.16. The number of aromatic nitrogens is 1. The molecule has 1 aromatic heterocycles. The highest BCUT2D eigenvalue weighted by molar-refractivity contribution is 5.95. The molecule has 0 fully saturated rings. The quantitative estimate of drug-likeness (QED) is 0.847. The van der Waals surface area contributed by atoms with Crippen LogP contribution in [0.4, 0.5) is 0 Å². The normalized spacial score (nSPS) is 10.8. The SMILES string of the molecule is CCC(C)c1ncc(C)cc1C(=O)NC.COC=O. The monoisotopic (exact) mass is 266 g/mol. The Morgan fingerprint density at radius 1 is 1.58 bits per heavy atom. The molecule has 0 aliphatic rings. The summed E-state index contributed by atoms with van der Waals surface area (Å²) in [5.41, 5.74) is 2.61. The van der Waals surface area contributed by atoms with Gasteiger partial charge < -0.3 is 10.1 Å². The first-order valence-corrected chi connectivity index (χ1v) is 6.16. The maximum atomic E-state index is 11.7. The number of carbonyl (C=O) groups is 2. The number of amides is 1. The van der Waals surface area contributed by atoms with Gasteiger partial charge in [-0.05, 0) is 30.9 Å². The Labute approximate surface area is 114 Å². The van der Waals surface area contributed by atoms with Gasteiger partial charge in [-0.15, -0.1) is 0 Å². The molecule has 0 aliphatic heterocycles. The van der Waals surface area contributed by atoms with E-state index in [0.717, 1.165) is 17.7 Å². The molecule has 106 valence electrons. The van der Waals surface area contributed by atoms with Crippen molar-refractivity contribution in [3.8, 4) is 0 Å². The second-order valence-corrected chi connectivity index (χ2v) is 4.17.